The van der Waals surface area contributed by atoms with Gasteiger partial charge in [0.05, 0.1) is 0 Å². The summed E-state index contributed by atoms with van der Waals surface area (Å²) in [5, 5.41) is 1.87. The molecule has 2 nitrogen and oxygen atoms in total. The van der Waals surface area contributed by atoms with Crippen molar-refractivity contribution < 1.29 is 9.59 Å². The molecule has 0 saturated heterocycles. The van der Waals surface area contributed by atoms with E-state index < -0.39 is 0 Å². The summed E-state index contributed by atoms with van der Waals surface area (Å²) in [6.45, 7) is 0. The third-order valence-corrected chi connectivity index (χ3v) is 3.25. The summed E-state index contributed by atoms with van der Waals surface area (Å²) in [6, 6.07) is 11.3. The zero-order chi connectivity index (χ0) is 11.8. The van der Waals surface area contributed by atoms with Crippen molar-refractivity contribution in [3.8, 4) is 0 Å². The third kappa shape index (κ3) is 1.76. The molecule has 3 rings (SSSR count). The van der Waals surface area contributed by atoms with Crippen LogP contribution in [0.2, 0.25) is 0 Å². The quantitative estimate of drug-likeness (QED) is 0.592. The summed E-state index contributed by atoms with van der Waals surface area (Å²) in [5.41, 5.74) is 1.28. The fourth-order valence-corrected chi connectivity index (χ4v) is 2.16. The number of carbonyl (C=O) groups excluding carboxylic acids is 2. The van der Waals surface area contributed by atoms with E-state index in [2.05, 4.69) is 0 Å². The van der Waals surface area contributed by atoms with Gasteiger partial charge in [-0.1, -0.05) is 24.3 Å². The molecule has 1 saturated carbocycles. The molecule has 84 valence electrons. The maximum atomic E-state index is 12.0. The van der Waals surface area contributed by atoms with Gasteiger partial charge < -0.3 is 0 Å². The predicted molar refractivity (Wildman–Crippen MR) is 66.4 cm³/mol. The Morgan fingerprint density at radius 2 is 1.94 bits per heavy atom. The number of fused-ring (bicyclic) bond motifs is 1. The first-order valence-electron chi connectivity index (χ1n) is 5.82. The summed E-state index contributed by atoms with van der Waals surface area (Å²) in [5.74, 6) is 0.370. The Bertz CT molecular complexity index is 609. The standard InChI is InChI=1S/C15H12O2/c16-9-13-8-12(15(17)10-5-6-10)7-11-3-1-2-4-14(11)13/h1-4,7-10H,5-6H2. The van der Waals surface area contributed by atoms with Gasteiger partial charge in [-0.15, -0.1) is 0 Å². The Labute approximate surface area is 99.3 Å². The van der Waals surface area contributed by atoms with Crippen LogP contribution in [0.5, 0.6) is 0 Å². The van der Waals surface area contributed by atoms with E-state index in [9.17, 15) is 9.59 Å². The van der Waals surface area contributed by atoms with Gasteiger partial charge in [0.2, 0.25) is 0 Å². The van der Waals surface area contributed by atoms with Crippen LogP contribution in [0, 0.1) is 5.92 Å². The molecule has 17 heavy (non-hydrogen) atoms. The van der Waals surface area contributed by atoms with Crippen LogP contribution in [0.3, 0.4) is 0 Å². The summed E-state index contributed by atoms with van der Waals surface area (Å²) in [7, 11) is 0. The van der Waals surface area contributed by atoms with Crippen LogP contribution in [0.25, 0.3) is 10.8 Å². The van der Waals surface area contributed by atoms with E-state index in [0.29, 0.717) is 11.1 Å². The highest BCUT2D eigenvalue weighted by Gasteiger charge is 2.30. The highest BCUT2D eigenvalue weighted by molar-refractivity contribution is 6.06. The second kappa shape index (κ2) is 3.81. The lowest BCUT2D eigenvalue weighted by Gasteiger charge is -2.05. The molecule has 2 aromatic rings. The van der Waals surface area contributed by atoms with Gasteiger partial charge in [-0.3, -0.25) is 9.59 Å². The topological polar surface area (TPSA) is 34.1 Å². The zero-order valence-electron chi connectivity index (χ0n) is 9.35. The highest BCUT2D eigenvalue weighted by atomic mass is 16.1. The lowest BCUT2D eigenvalue weighted by Crippen LogP contribution is -2.02. The third-order valence-electron chi connectivity index (χ3n) is 3.25. The SMILES string of the molecule is O=Cc1cc(C(=O)C2CC2)cc2ccccc12. The molecule has 0 amide bonds. The smallest absolute Gasteiger partial charge is 0.165 e. The molecule has 1 aliphatic carbocycles. The number of benzene rings is 2. The molecule has 0 heterocycles. The summed E-state index contributed by atoms with van der Waals surface area (Å²) >= 11 is 0. The summed E-state index contributed by atoms with van der Waals surface area (Å²) in [4.78, 5) is 23.1. The molecular weight excluding hydrogens is 212 g/mol. The van der Waals surface area contributed by atoms with E-state index in [4.69, 9.17) is 0 Å². The van der Waals surface area contributed by atoms with Crippen LogP contribution in [0.4, 0.5) is 0 Å². The predicted octanol–water partition coefficient (Wildman–Crippen LogP) is 3.25. The number of ketones is 1. The van der Waals surface area contributed by atoms with E-state index in [0.717, 1.165) is 29.9 Å². The van der Waals surface area contributed by atoms with Gasteiger partial charge >= 0.3 is 0 Å². The van der Waals surface area contributed by atoms with E-state index in [-0.39, 0.29) is 11.7 Å². The van der Waals surface area contributed by atoms with Crippen molar-refractivity contribution in [1.82, 2.24) is 0 Å². The van der Waals surface area contributed by atoms with Crippen molar-refractivity contribution in [3.63, 3.8) is 0 Å². The fraction of sp³-hybridized carbons (Fsp3) is 0.200. The molecule has 0 aromatic heterocycles. The maximum Gasteiger partial charge on any atom is 0.165 e. The van der Waals surface area contributed by atoms with Crippen molar-refractivity contribution in [2.45, 2.75) is 12.8 Å². The minimum Gasteiger partial charge on any atom is -0.298 e. The number of hydrogen-bond acceptors (Lipinski definition) is 2. The fourth-order valence-electron chi connectivity index (χ4n) is 2.16. The van der Waals surface area contributed by atoms with Crippen molar-refractivity contribution in [1.29, 1.82) is 0 Å². The molecule has 0 unspecified atom stereocenters. The Morgan fingerprint density at radius 1 is 1.18 bits per heavy atom. The van der Waals surface area contributed by atoms with E-state index in [1.807, 2.05) is 30.3 Å². The lowest BCUT2D eigenvalue weighted by molar-refractivity contribution is 0.0968. The van der Waals surface area contributed by atoms with Crippen molar-refractivity contribution in [2.75, 3.05) is 0 Å². The number of Topliss-reactive ketones (excluding diaryl/α,β-unsaturated/α-hetero) is 1. The molecule has 0 aliphatic heterocycles. The number of rotatable bonds is 3. The van der Waals surface area contributed by atoms with Crippen molar-refractivity contribution in [2.24, 2.45) is 5.92 Å². The van der Waals surface area contributed by atoms with Gasteiger partial charge in [-0.25, -0.2) is 0 Å². The molecule has 0 spiro atoms. The molecule has 0 bridgehead atoms. The minimum atomic E-state index is 0.179. The van der Waals surface area contributed by atoms with Gasteiger partial charge in [0.15, 0.2) is 12.1 Å². The van der Waals surface area contributed by atoms with E-state index in [1.165, 1.54) is 0 Å². The molecule has 2 heteroatoms. The zero-order valence-corrected chi connectivity index (χ0v) is 9.35. The first-order valence-corrected chi connectivity index (χ1v) is 5.82. The largest absolute Gasteiger partial charge is 0.298 e. The molecule has 0 atom stereocenters. The maximum absolute atomic E-state index is 12.0. The Kier molecular flexibility index (Phi) is 2.29. The average Bonchev–Trinajstić information content (AvgIpc) is 3.20. The Hall–Kier alpha value is -1.96. The second-order valence-corrected chi connectivity index (χ2v) is 4.54. The van der Waals surface area contributed by atoms with E-state index in [1.54, 1.807) is 6.07 Å². The Morgan fingerprint density at radius 3 is 2.65 bits per heavy atom. The lowest BCUT2D eigenvalue weighted by atomic mass is 9.98. The summed E-state index contributed by atoms with van der Waals surface area (Å²) in [6.07, 6.45) is 2.80. The van der Waals surface area contributed by atoms with Crippen LogP contribution in [0.1, 0.15) is 33.6 Å². The minimum absolute atomic E-state index is 0.179. The molecule has 2 aromatic carbocycles. The number of carbonyl (C=O) groups is 2. The van der Waals surface area contributed by atoms with Crippen molar-refractivity contribution >= 4 is 22.8 Å². The molecule has 1 fully saturated rings. The van der Waals surface area contributed by atoms with Gasteiger partial charge in [0, 0.05) is 17.0 Å². The number of hydrogen-bond donors (Lipinski definition) is 0. The van der Waals surface area contributed by atoms with E-state index >= 15 is 0 Å². The first-order chi connectivity index (χ1) is 8.29. The molecular formula is C15H12O2. The number of aldehydes is 1. The van der Waals surface area contributed by atoms with Gasteiger partial charge in [-0.05, 0) is 35.7 Å². The normalized spacial score (nSPS) is 14.8. The summed E-state index contributed by atoms with van der Waals surface area (Å²) < 4.78 is 0. The molecule has 1 aliphatic rings. The highest BCUT2D eigenvalue weighted by Crippen LogP contribution is 2.33. The van der Waals surface area contributed by atoms with Gasteiger partial charge in [-0.2, -0.15) is 0 Å². The monoisotopic (exact) mass is 224 g/mol. The van der Waals surface area contributed by atoms with Crippen LogP contribution >= 0.6 is 0 Å². The van der Waals surface area contributed by atoms with Crippen LogP contribution in [-0.2, 0) is 0 Å². The van der Waals surface area contributed by atoms with Crippen LogP contribution in [0.15, 0.2) is 36.4 Å². The van der Waals surface area contributed by atoms with Crippen LogP contribution < -0.4 is 0 Å². The van der Waals surface area contributed by atoms with Gasteiger partial charge in [0.25, 0.3) is 0 Å². The molecule has 0 radical (unpaired) electrons. The van der Waals surface area contributed by atoms with Crippen LogP contribution in [-0.4, -0.2) is 12.1 Å². The second-order valence-electron chi connectivity index (χ2n) is 4.54. The molecule has 0 N–H and O–H groups in total. The van der Waals surface area contributed by atoms with Crippen molar-refractivity contribution in [3.05, 3.63) is 47.5 Å². The average molecular weight is 224 g/mol. The Balaban J connectivity index is 2.20. The van der Waals surface area contributed by atoms with Gasteiger partial charge in [0.1, 0.15) is 0 Å². The first kappa shape index (κ1) is 10.2.